The second kappa shape index (κ2) is 32.2. The van der Waals surface area contributed by atoms with Gasteiger partial charge in [-0.15, -0.1) is 0 Å². The number of phenolic OH excluding ortho intramolecular Hbond substituents is 3. The Morgan fingerprint density at radius 1 is 0.738 bits per heavy atom. The Labute approximate surface area is 618 Å². The molecule has 7 aliphatic rings. The fraction of sp³-hybridized carbons (Fsp3) is 0.414. The third-order valence-corrected chi connectivity index (χ3v) is 19.5. The third kappa shape index (κ3) is 16.8. The highest BCUT2D eigenvalue weighted by Crippen LogP contribution is 2.50. The molecule has 572 valence electrons. The number of halogens is 2. The normalized spacial score (nSPS) is 28.4. The first-order valence-corrected chi connectivity index (χ1v) is 34.4. The molecule has 2 fully saturated rings. The van der Waals surface area contributed by atoms with E-state index in [2.05, 4.69) is 52.5 Å². The van der Waals surface area contributed by atoms with Crippen LogP contribution in [0.3, 0.4) is 0 Å². The van der Waals surface area contributed by atoms with Gasteiger partial charge in [0.2, 0.25) is 53.4 Å². The monoisotopic (exact) mass is 1530 g/mol. The number of hydrogen-bond donors (Lipinski definition) is 20. The van der Waals surface area contributed by atoms with Crippen LogP contribution in [0.5, 0.6) is 46.0 Å². The number of carbonyl (C=O) groups excluding carboxylic acids is 7. The van der Waals surface area contributed by atoms with E-state index in [1.165, 1.54) is 56.8 Å². The van der Waals surface area contributed by atoms with Crippen LogP contribution in [-0.4, -0.2) is 201 Å². The smallest absolute Gasteiger partial charge is 0.330 e. The highest BCUT2D eigenvalue weighted by molar-refractivity contribution is 6.32. The van der Waals surface area contributed by atoms with Crippen molar-refractivity contribution in [1.29, 1.82) is 0 Å². The number of imidazole rings is 1. The van der Waals surface area contributed by atoms with Crippen LogP contribution in [0.15, 0.2) is 91.4 Å². The highest BCUT2D eigenvalue weighted by Gasteiger charge is 2.50. The molecule has 1 aromatic heterocycles. The first kappa shape index (κ1) is 78.1. The Bertz CT molecular complexity index is 4400. The molecule has 5 aromatic carbocycles. The third-order valence-electron chi connectivity index (χ3n) is 19.0. The van der Waals surface area contributed by atoms with E-state index in [9.17, 15) is 70.2 Å². The maximum Gasteiger partial charge on any atom is 0.330 e. The van der Waals surface area contributed by atoms with Gasteiger partial charge in [0, 0.05) is 53.2 Å². The number of nitrogens with one attached hydrogen (secondary N) is 9. The lowest BCUT2D eigenvalue weighted by atomic mass is 9.85. The topological polar surface area (TPSA) is 545 Å². The second-order valence-electron chi connectivity index (χ2n) is 27.1. The van der Waals surface area contributed by atoms with Crippen molar-refractivity contribution < 1.29 is 118 Å². The number of fused-ring (bicyclic) bond motifs is 15. The van der Waals surface area contributed by atoms with Crippen LogP contribution in [0, 0.1) is 5.92 Å². The number of primary amides is 1. The van der Waals surface area contributed by atoms with Crippen molar-refractivity contribution in [2.45, 2.75) is 163 Å². The molecule has 0 spiro atoms. The average molecular weight is 1530 g/mol. The van der Waals surface area contributed by atoms with Crippen molar-refractivity contribution in [3.8, 4) is 57.1 Å². The molecule has 107 heavy (non-hydrogen) atoms. The molecule has 2 saturated heterocycles. The number of phenols is 3. The van der Waals surface area contributed by atoms with Crippen LogP contribution in [0.2, 0.25) is 10.0 Å². The molecule has 0 saturated carbocycles. The Morgan fingerprint density at radius 3 is 2.01 bits per heavy atom. The molecule has 8 heterocycles. The number of aliphatic hydroxyl groups is 6. The van der Waals surface area contributed by atoms with Gasteiger partial charge in [0.25, 0.3) is 0 Å². The Hall–Kier alpha value is -9.99. The number of nitrogens with zero attached hydrogens (tertiary/aromatic N) is 1. The predicted octanol–water partition coefficient (Wildman–Crippen LogP) is 0.660. The van der Waals surface area contributed by atoms with Gasteiger partial charge in [0.05, 0.1) is 47.7 Å². The van der Waals surface area contributed by atoms with Crippen molar-refractivity contribution >= 4 is 70.5 Å². The van der Waals surface area contributed by atoms with Crippen LogP contribution >= 0.6 is 23.2 Å². The number of aromatic hydroxyl groups is 3. The van der Waals surface area contributed by atoms with Gasteiger partial charge in [-0.1, -0.05) is 55.2 Å². The minimum atomic E-state index is -2.35. The summed E-state index contributed by atoms with van der Waals surface area (Å²) in [5.41, 5.74) is 2.35. The van der Waals surface area contributed by atoms with E-state index < -0.39 is 231 Å². The van der Waals surface area contributed by atoms with Gasteiger partial charge in [-0.3, -0.25) is 33.6 Å². The summed E-state index contributed by atoms with van der Waals surface area (Å²) >= 11 is 14.3. The molecule has 35 nitrogen and oxygen atoms in total. The number of likely N-dealkylation sites (N-methyl/N-ethyl adjacent to an activating group) is 1. The van der Waals surface area contributed by atoms with Gasteiger partial charge in [0.1, 0.15) is 95.6 Å². The van der Waals surface area contributed by atoms with Crippen molar-refractivity contribution in [2.75, 3.05) is 13.7 Å². The van der Waals surface area contributed by atoms with E-state index in [4.69, 9.17) is 57.4 Å². The molecule has 18 atom stereocenters. The van der Waals surface area contributed by atoms with E-state index in [-0.39, 0.29) is 58.5 Å². The standard InChI is InChI=1S/C70H79Cl2N11O24/c1-26(2)12-38(74-5)62(94)82-53-55(89)29-7-10-42(36(71)14-29)103-44-16-31-17-45(60(44)107-69-58(92)57(91)56(90)46(24-84)105-69)104-43-11-8-30(15-37(43)72)59(106-48-21-70(4,61(93)27(3)102-48)77-23-32-22-75-25-76-32)54-67(99)81-52(68(100)101)35-18-33(85)19-41(87)49(35)34-13-28(6-9-40(34)86)50(64(96)83-54)80-65(97)51(31)79-63(95)39(20-47(73)88)78-66(53)98/h6-11,13-19,22,25-27,38-39,46,48,50-59,61,69,74,77,84-87,89-93H,12,20-21,23-24H2,1-5H3,(H2,73,88)(H,75,76)(H,78,98)(H,79,95)(H,80,97)(H,81,99)(H,82,94)(H,83,96)(H,100,101)/t27?,38-,39?,46-,48+,50-,51?,52?,53?,54+,55?,56?,57?,58?,59-,61+,69+,70?/m1/s1. The van der Waals surface area contributed by atoms with Crippen molar-refractivity contribution in [2.24, 2.45) is 11.7 Å². The zero-order valence-corrected chi connectivity index (χ0v) is 59.1. The van der Waals surface area contributed by atoms with Crippen LogP contribution in [-0.2, 0) is 59.1 Å². The number of H-pyrrole nitrogens is 1. The summed E-state index contributed by atoms with van der Waals surface area (Å²) in [6.07, 6.45) is -16.0. The summed E-state index contributed by atoms with van der Waals surface area (Å²) < 4.78 is 38.6. The molecule has 0 radical (unpaired) electrons. The lowest BCUT2D eigenvalue weighted by Gasteiger charge is -2.46. The maximum absolute atomic E-state index is 16.2. The Morgan fingerprint density at radius 2 is 1.38 bits per heavy atom. The number of aromatic amines is 1. The zero-order valence-electron chi connectivity index (χ0n) is 57.6. The number of benzene rings is 5. The Kier molecular flexibility index (Phi) is 23.5. The molecule has 11 bridgehead atoms. The maximum atomic E-state index is 16.2. The molecular formula is C70H79Cl2N11O24. The summed E-state index contributed by atoms with van der Waals surface area (Å²) in [5.74, 6) is -16.0. The zero-order chi connectivity index (χ0) is 77.4. The first-order valence-electron chi connectivity index (χ1n) is 33.6. The predicted molar refractivity (Wildman–Crippen MR) is 371 cm³/mol. The SMILES string of the molecule is CN[C@H](CC(C)C)C(=O)NC1C(=O)NC(CC(N)=O)C(=O)NC2C(=O)N[C@H]3C(=O)N[C@H](C(=O)NC(C(=O)O)c4cc(O)cc(O)c4-c4cc3ccc4O)[C@H](O[C@H]3CC(C)(NCc4cnc[nH]4)[C@@H](O)C(C)O3)c3ccc(c(Cl)c3)Oc3cc2cc(c3O[C@@H]2O[C@H](CO)C(O)C(O)C2O)Oc2ccc(cc2Cl)C1O. The minimum absolute atomic E-state index is 0.0990. The fourth-order valence-electron chi connectivity index (χ4n) is 13.3. The van der Waals surface area contributed by atoms with Crippen molar-refractivity contribution in [3.63, 3.8) is 0 Å². The number of aliphatic hydroxyl groups excluding tert-OH is 6. The fourth-order valence-corrected chi connectivity index (χ4v) is 13.8. The van der Waals surface area contributed by atoms with Gasteiger partial charge in [-0.05, 0) is 110 Å². The molecule has 21 N–H and O–H groups in total. The van der Waals surface area contributed by atoms with Gasteiger partial charge in [-0.2, -0.15) is 0 Å². The van der Waals surface area contributed by atoms with Gasteiger partial charge >= 0.3 is 5.97 Å². The number of amides is 7. The number of carbonyl (C=O) groups is 8. The summed E-state index contributed by atoms with van der Waals surface area (Å²) in [7, 11) is 1.47. The van der Waals surface area contributed by atoms with E-state index >= 15 is 19.2 Å². The summed E-state index contributed by atoms with van der Waals surface area (Å²) in [5, 5.41) is 134. The molecular weight excluding hydrogens is 1450 g/mol. The van der Waals surface area contributed by atoms with Gasteiger partial charge < -0.3 is 133 Å². The summed E-state index contributed by atoms with van der Waals surface area (Å²) in [4.78, 5) is 126. The number of carboxylic acids is 1. The summed E-state index contributed by atoms with van der Waals surface area (Å²) in [6, 6.07) is -0.322. The number of hydrogen-bond acceptors (Lipinski definition) is 26. The molecule has 7 amide bonds. The average Bonchev–Trinajstić information content (AvgIpc) is 1.09. The number of aromatic nitrogens is 2. The number of ether oxygens (including phenoxy) is 6. The second-order valence-corrected chi connectivity index (χ2v) is 27.9. The highest BCUT2D eigenvalue weighted by atomic mass is 35.5. The first-order chi connectivity index (χ1) is 50.7. The van der Waals surface area contributed by atoms with Crippen molar-refractivity contribution in [3.05, 3.63) is 135 Å². The lowest BCUT2D eigenvalue weighted by molar-refractivity contribution is -0.277. The van der Waals surface area contributed by atoms with Crippen LogP contribution in [0.25, 0.3) is 11.1 Å². The molecule has 37 heteroatoms. The Balaban J connectivity index is 1.17. The van der Waals surface area contributed by atoms with E-state index in [1.807, 2.05) is 13.8 Å². The van der Waals surface area contributed by atoms with Crippen LogP contribution in [0.1, 0.15) is 111 Å². The van der Waals surface area contributed by atoms with Crippen molar-refractivity contribution in [1.82, 2.24) is 52.5 Å². The van der Waals surface area contributed by atoms with Gasteiger partial charge in [-0.25, -0.2) is 9.78 Å². The largest absolute Gasteiger partial charge is 0.508 e. The lowest BCUT2D eigenvalue weighted by Crippen LogP contribution is -2.63. The van der Waals surface area contributed by atoms with Gasteiger partial charge in [0.15, 0.2) is 23.8 Å². The van der Waals surface area contributed by atoms with E-state index in [1.54, 1.807) is 6.92 Å². The van der Waals surface area contributed by atoms with Crippen LogP contribution in [0.4, 0.5) is 0 Å². The summed E-state index contributed by atoms with van der Waals surface area (Å²) in [6.45, 7) is 5.95. The number of carboxylic acid groups (broad SMARTS) is 1. The number of nitrogens with two attached hydrogens (primary N) is 1. The van der Waals surface area contributed by atoms with E-state index in [0.29, 0.717) is 5.69 Å². The molecule has 0 aliphatic carbocycles. The number of rotatable bonds is 16. The number of aliphatic carboxylic acids is 1. The molecule has 7 aliphatic heterocycles. The minimum Gasteiger partial charge on any atom is -0.508 e. The molecule has 6 aromatic rings. The molecule has 13 rings (SSSR count). The van der Waals surface area contributed by atoms with Crippen LogP contribution < -0.4 is 62.5 Å². The molecule has 10 unspecified atom stereocenters. The van der Waals surface area contributed by atoms with E-state index in [0.717, 1.165) is 48.5 Å². The quantitative estimate of drug-likeness (QED) is 0.0633.